The predicted molar refractivity (Wildman–Crippen MR) is 82.7 cm³/mol. The average Bonchev–Trinajstić information content (AvgIpc) is 2.85. The van der Waals surface area contributed by atoms with Crippen LogP contribution in [0.5, 0.6) is 5.75 Å². The lowest BCUT2D eigenvalue weighted by Crippen LogP contribution is -2.39. The Morgan fingerprint density at radius 1 is 1.33 bits per heavy atom. The molecule has 1 aliphatic heterocycles. The molecular weight excluding hydrogens is 341 g/mol. The first-order valence-electron chi connectivity index (χ1n) is 7.34. The Bertz CT molecular complexity index is 703. The van der Waals surface area contributed by atoms with Crippen LogP contribution < -0.4 is 10.1 Å². The molecule has 9 heteroatoms. The predicted octanol–water partition coefficient (Wildman–Crippen LogP) is 0.439. The summed E-state index contributed by atoms with van der Waals surface area (Å²) in [7, 11) is -3.09. The Morgan fingerprint density at radius 2 is 2.00 bits per heavy atom. The van der Waals surface area contributed by atoms with Crippen LogP contribution in [0.25, 0.3) is 0 Å². The van der Waals surface area contributed by atoms with Gasteiger partial charge in [-0.15, -0.1) is 0 Å². The zero-order chi connectivity index (χ0) is 17.7. The molecule has 0 unspecified atom stereocenters. The third-order valence-corrected chi connectivity index (χ3v) is 5.17. The number of hydrogen-bond acceptors (Lipinski definition) is 6. The lowest BCUT2D eigenvalue weighted by molar-refractivity contribution is -0.154. The zero-order valence-corrected chi connectivity index (χ0v) is 13.8. The minimum Gasteiger partial charge on any atom is -0.479 e. The average molecular weight is 359 g/mol. The second-order valence-electron chi connectivity index (χ2n) is 5.49. The van der Waals surface area contributed by atoms with Gasteiger partial charge in [-0.25, -0.2) is 17.6 Å². The van der Waals surface area contributed by atoms with Gasteiger partial charge in [-0.05, 0) is 37.6 Å². The zero-order valence-electron chi connectivity index (χ0n) is 13.0. The van der Waals surface area contributed by atoms with Gasteiger partial charge in [0, 0.05) is 6.04 Å². The highest BCUT2D eigenvalue weighted by molar-refractivity contribution is 7.91. The van der Waals surface area contributed by atoms with Gasteiger partial charge in [0.05, 0.1) is 11.5 Å². The number of carbonyl (C=O) groups is 2. The van der Waals surface area contributed by atoms with Gasteiger partial charge in [0.2, 0.25) is 0 Å². The summed E-state index contributed by atoms with van der Waals surface area (Å²) in [5.41, 5.74) is 0. The maximum Gasteiger partial charge on any atom is 0.347 e. The van der Waals surface area contributed by atoms with Crippen molar-refractivity contribution in [3.05, 3.63) is 30.1 Å². The fourth-order valence-corrected chi connectivity index (χ4v) is 3.87. The molecule has 1 aliphatic rings. The molecule has 24 heavy (non-hydrogen) atoms. The third-order valence-electron chi connectivity index (χ3n) is 3.40. The van der Waals surface area contributed by atoms with Gasteiger partial charge >= 0.3 is 5.97 Å². The van der Waals surface area contributed by atoms with Crippen molar-refractivity contribution in [2.75, 3.05) is 18.1 Å². The summed E-state index contributed by atoms with van der Waals surface area (Å²) in [5.74, 6) is -1.52. The highest BCUT2D eigenvalue weighted by Gasteiger charge is 2.29. The van der Waals surface area contributed by atoms with E-state index in [2.05, 4.69) is 5.32 Å². The van der Waals surface area contributed by atoms with Crippen molar-refractivity contribution >= 4 is 21.7 Å². The molecule has 1 N–H and O–H groups in total. The van der Waals surface area contributed by atoms with E-state index in [0.717, 1.165) is 0 Å². The van der Waals surface area contributed by atoms with Crippen LogP contribution in [-0.4, -0.2) is 50.6 Å². The molecule has 7 nitrogen and oxygen atoms in total. The van der Waals surface area contributed by atoms with Crippen LogP contribution in [0.4, 0.5) is 4.39 Å². The van der Waals surface area contributed by atoms with Crippen LogP contribution in [0.3, 0.4) is 0 Å². The summed E-state index contributed by atoms with van der Waals surface area (Å²) in [4.78, 5) is 23.4. The number of carbonyl (C=O) groups excluding carboxylic acids is 2. The Labute approximate surface area is 139 Å². The van der Waals surface area contributed by atoms with Gasteiger partial charge in [-0.3, -0.25) is 4.79 Å². The maximum atomic E-state index is 12.8. The molecule has 132 valence electrons. The van der Waals surface area contributed by atoms with Crippen molar-refractivity contribution in [3.8, 4) is 5.75 Å². The highest BCUT2D eigenvalue weighted by atomic mass is 32.2. The van der Waals surface area contributed by atoms with Gasteiger partial charge in [-0.1, -0.05) is 0 Å². The van der Waals surface area contributed by atoms with E-state index in [-0.39, 0.29) is 11.5 Å². The molecule has 1 fully saturated rings. The lowest BCUT2D eigenvalue weighted by Gasteiger charge is -2.15. The number of benzene rings is 1. The molecule has 0 spiro atoms. The minimum atomic E-state index is -3.09. The van der Waals surface area contributed by atoms with Gasteiger partial charge in [0.1, 0.15) is 11.6 Å². The van der Waals surface area contributed by atoms with Crippen LogP contribution in [0.2, 0.25) is 0 Å². The summed E-state index contributed by atoms with van der Waals surface area (Å²) >= 11 is 0. The Balaban J connectivity index is 1.73. The van der Waals surface area contributed by atoms with Crippen molar-refractivity contribution in [1.29, 1.82) is 0 Å². The second kappa shape index (κ2) is 7.61. The molecule has 0 bridgehead atoms. The number of nitrogens with one attached hydrogen (secondary N) is 1. The van der Waals surface area contributed by atoms with E-state index in [0.29, 0.717) is 12.2 Å². The van der Waals surface area contributed by atoms with E-state index in [4.69, 9.17) is 9.47 Å². The summed E-state index contributed by atoms with van der Waals surface area (Å²) < 4.78 is 45.5. The Kier molecular flexibility index (Phi) is 5.76. The summed E-state index contributed by atoms with van der Waals surface area (Å²) in [6.07, 6.45) is -0.623. The summed E-state index contributed by atoms with van der Waals surface area (Å²) in [5, 5.41) is 2.51. The van der Waals surface area contributed by atoms with Crippen LogP contribution in [0.15, 0.2) is 24.3 Å². The van der Waals surface area contributed by atoms with Crippen molar-refractivity contribution in [2.45, 2.75) is 25.5 Å². The van der Waals surface area contributed by atoms with E-state index in [1.807, 2.05) is 0 Å². The third kappa shape index (κ3) is 5.48. The first-order chi connectivity index (χ1) is 11.2. The summed E-state index contributed by atoms with van der Waals surface area (Å²) in [6.45, 7) is 0.916. The van der Waals surface area contributed by atoms with E-state index in [9.17, 15) is 22.4 Å². The molecule has 0 aromatic heterocycles. The fourth-order valence-electron chi connectivity index (χ4n) is 2.20. The first-order valence-corrected chi connectivity index (χ1v) is 9.16. The molecule has 1 aromatic rings. The van der Waals surface area contributed by atoms with E-state index in [1.165, 1.54) is 31.2 Å². The van der Waals surface area contributed by atoms with E-state index in [1.54, 1.807) is 0 Å². The molecule has 1 heterocycles. The number of ether oxygens (including phenoxy) is 2. The number of hydrogen-bond donors (Lipinski definition) is 1. The molecule has 1 saturated heterocycles. The van der Waals surface area contributed by atoms with Gasteiger partial charge < -0.3 is 14.8 Å². The lowest BCUT2D eigenvalue weighted by atomic mass is 10.2. The number of sulfone groups is 1. The monoisotopic (exact) mass is 359 g/mol. The number of esters is 1. The van der Waals surface area contributed by atoms with Crippen LogP contribution in [0, 0.1) is 5.82 Å². The fraction of sp³-hybridized carbons (Fsp3) is 0.467. The maximum absolute atomic E-state index is 12.8. The topological polar surface area (TPSA) is 98.8 Å². The highest BCUT2D eigenvalue weighted by Crippen LogP contribution is 2.14. The standard InChI is InChI=1S/C15H18FNO6S/c1-10(23-13-4-2-11(16)3-5-13)15(19)22-8-14(18)17-12-6-7-24(20,21)9-12/h2-5,10,12H,6-9H2,1H3,(H,17,18)/t10-,12-/m1/s1. The van der Waals surface area contributed by atoms with Gasteiger partial charge in [-0.2, -0.15) is 0 Å². The number of amides is 1. The number of rotatable bonds is 6. The number of halogens is 1. The van der Waals surface area contributed by atoms with Gasteiger partial charge in [0.25, 0.3) is 5.91 Å². The van der Waals surface area contributed by atoms with E-state index < -0.39 is 46.3 Å². The van der Waals surface area contributed by atoms with Gasteiger partial charge in [0.15, 0.2) is 22.5 Å². The molecule has 0 aliphatic carbocycles. The van der Waals surface area contributed by atoms with Crippen LogP contribution >= 0.6 is 0 Å². The summed E-state index contributed by atoms with van der Waals surface area (Å²) in [6, 6.07) is 4.67. The molecule has 2 atom stereocenters. The van der Waals surface area contributed by atoms with E-state index >= 15 is 0 Å². The molecule has 0 saturated carbocycles. The van der Waals surface area contributed by atoms with Crippen molar-refractivity contribution in [1.82, 2.24) is 5.32 Å². The molecule has 2 rings (SSSR count). The quantitative estimate of drug-likeness (QED) is 0.740. The Morgan fingerprint density at radius 3 is 2.58 bits per heavy atom. The molecular formula is C15H18FNO6S. The Hall–Kier alpha value is -2.16. The van der Waals surface area contributed by atoms with Crippen molar-refractivity contribution < 1.29 is 31.9 Å². The SMILES string of the molecule is C[C@@H](Oc1ccc(F)cc1)C(=O)OCC(=O)N[C@@H]1CCS(=O)(=O)C1. The van der Waals surface area contributed by atoms with Crippen LogP contribution in [0.1, 0.15) is 13.3 Å². The smallest absolute Gasteiger partial charge is 0.347 e. The molecule has 1 amide bonds. The first kappa shape index (κ1) is 18.2. The minimum absolute atomic E-state index is 0.0419. The second-order valence-corrected chi connectivity index (χ2v) is 7.72. The van der Waals surface area contributed by atoms with Crippen molar-refractivity contribution in [2.24, 2.45) is 0 Å². The molecule has 0 radical (unpaired) electrons. The van der Waals surface area contributed by atoms with Crippen molar-refractivity contribution in [3.63, 3.8) is 0 Å². The molecule has 1 aromatic carbocycles. The van der Waals surface area contributed by atoms with Crippen LogP contribution in [-0.2, 0) is 24.2 Å². The normalized spacial score (nSPS) is 20.2. The largest absolute Gasteiger partial charge is 0.479 e.